The predicted molar refractivity (Wildman–Crippen MR) is 84.8 cm³/mol. The number of hydrogen-bond acceptors (Lipinski definition) is 3. The lowest BCUT2D eigenvalue weighted by molar-refractivity contribution is -0.156. The largest absolute Gasteiger partial charge is 0.458 e. The first-order valence-corrected chi connectivity index (χ1v) is 8.99. The summed E-state index contributed by atoms with van der Waals surface area (Å²) in [6.07, 6.45) is 6.83. The standard InChI is InChI=1S/C20H22O3/c21-10-9-13-6-8-17-15-7-5-12-3-1-2-4-14(12)18(15)16-11-20(13,17)23-19(16)22/h1-4,10,13,15-18H,5-9,11H2/t13-,15+,16+,17+,18-,20+/m1/s1. The van der Waals surface area contributed by atoms with Gasteiger partial charge in [0.15, 0.2) is 0 Å². The summed E-state index contributed by atoms with van der Waals surface area (Å²) in [5.41, 5.74) is 2.49. The molecule has 3 aliphatic carbocycles. The van der Waals surface area contributed by atoms with Gasteiger partial charge in [0.05, 0.1) is 5.92 Å². The summed E-state index contributed by atoms with van der Waals surface area (Å²) >= 11 is 0. The van der Waals surface area contributed by atoms with Crippen molar-refractivity contribution < 1.29 is 14.3 Å². The van der Waals surface area contributed by atoms with E-state index in [4.69, 9.17) is 4.74 Å². The Morgan fingerprint density at radius 1 is 1.22 bits per heavy atom. The van der Waals surface area contributed by atoms with Gasteiger partial charge in [-0.05, 0) is 42.7 Å². The number of aryl methyl sites for hydroxylation is 1. The van der Waals surface area contributed by atoms with Crippen molar-refractivity contribution in [2.75, 3.05) is 0 Å². The number of carbonyl (C=O) groups excluding carboxylic acids is 2. The highest BCUT2D eigenvalue weighted by Gasteiger charge is 2.67. The van der Waals surface area contributed by atoms with E-state index < -0.39 is 0 Å². The van der Waals surface area contributed by atoms with Gasteiger partial charge in [0, 0.05) is 30.6 Å². The molecule has 1 saturated heterocycles. The first-order valence-electron chi connectivity index (χ1n) is 8.99. The van der Waals surface area contributed by atoms with E-state index in [0.717, 1.165) is 38.4 Å². The Balaban J connectivity index is 1.61. The van der Waals surface area contributed by atoms with Crippen molar-refractivity contribution in [3.63, 3.8) is 0 Å². The second-order valence-electron chi connectivity index (χ2n) is 7.90. The average Bonchev–Trinajstić information content (AvgIpc) is 3.07. The first kappa shape index (κ1) is 13.8. The molecule has 1 aliphatic heterocycles. The van der Waals surface area contributed by atoms with Crippen molar-refractivity contribution in [2.45, 2.75) is 50.0 Å². The topological polar surface area (TPSA) is 43.4 Å². The minimum Gasteiger partial charge on any atom is -0.458 e. The Hall–Kier alpha value is -1.64. The highest BCUT2D eigenvalue weighted by atomic mass is 16.6. The Labute approximate surface area is 136 Å². The van der Waals surface area contributed by atoms with Crippen molar-refractivity contribution in [1.29, 1.82) is 0 Å². The van der Waals surface area contributed by atoms with Crippen LogP contribution < -0.4 is 0 Å². The molecule has 0 radical (unpaired) electrons. The molecule has 1 aromatic carbocycles. The number of esters is 1. The molecule has 3 nitrogen and oxygen atoms in total. The van der Waals surface area contributed by atoms with Crippen LogP contribution in [0.15, 0.2) is 24.3 Å². The third-order valence-corrected chi connectivity index (χ3v) is 7.23. The van der Waals surface area contributed by atoms with Crippen LogP contribution in [0, 0.1) is 23.7 Å². The average molecular weight is 310 g/mol. The molecule has 4 aliphatic rings. The van der Waals surface area contributed by atoms with Crippen molar-refractivity contribution in [3.8, 4) is 0 Å². The second kappa shape index (κ2) is 4.68. The van der Waals surface area contributed by atoms with Crippen molar-refractivity contribution in [3.05, 3.63) is 35.4 Å². The Bertz CT molecular complexity index is 681. The van der Waals surface area contributed by atoms with E-state index in [1.807, 2.05) is 0 Å². The predicted octanol–water partition coefficient (Wildman–Crippen LogP) is 3.26. The summed E-state index contributed by atoms with van der Waals surface area (Å²) in [4.78, 5) is 23.8. The first-order chi connectivity index (χ1) is 11.2. The number of aldehydes is 1. The maximum absolute atomic E-state index is 12.7. The van der Waals surface area contributed by atoms with E-state index in [1.54, 1.807) is 0 Å². The number of benzene rings is 1. The molecule has 0 amide bonds. The van der Waals surface area contributed by atoms with E-state index in [-0.39, 0.29) is 23.4 Å². The lowest BCUT2D eigenvalue weighted by Gasteiger charge is -2.48. The smallest absolute Gasteiger partial charge is 0.310 e. The quantitative estimate of drug-likeness (QED) is 0.622. The molecule has 2 bridgehead atoms. The normalized spacial score (nSPS) is 43.3. The fraction of sp³-hybridized carbons (Fsp3) is 0.600. The molecular weight excluding hydrogens is 288 g/mol. The molecule has 6 atom stereocenters. The van der Waals surface area contributed by atoms with E-state index in [9.17, 15) is 9.59 Å². The molecular formula is C20H22O3. The maximum Gasteiger partial charge on any atom is 0.310 e. The van der Waals surface area contributed by atoms with E-state index in [1.165, 1.54) is 11.1 Å². The van der Waals surface area contributed by atoms with Gasteiger partial charge >= 0.3 is 5.97 Å². The van der Waals surface area contributed by atoms with Crippen LogP contribution in [0.2, 0.25) is 0 Å². The van der Waals surface area contributed by atoms with Crippen molar-refractivity contribution >= 4 is 12.3 Å². The summed E-state index contributed by atoms with van der Waals surface area (Å²) < 4.78 is 6.07. The van der Waals surface area contributed by atoms with Crippen molar-refractivity contribution in [1.82, 2.24) is 0 Å². The molecule has 3 fully saturated rings. The molecule has 1 heterocycles. The van der Waals surface area contributed by atoms with Gasteiger partial charge in [-0.15, -0.1) is 0 Å². The number of hydrogen-bond donors (Lipinski definition) is 0. The van der Waals surface area contributed by atoms with Crippen LogP contribution in [-0.4, -0.2) is 17.9 Å². The minimum absolute atomic E-state index is 0.00278. The van der Waals surface area contributed by atoms with Crippen LogP contribution in [0.4, 0.5) is 0 Å². The maximum atomic E-state index is 12.7. The van der Waals surface area contributed by atoms with Crippen molar-refractivity contribution in [2.24, 2.45) is 23.7 Å². The van der Waals surface area contributed by atoms with Crippen LogP contribution in [0.5, 0.6) is 0 Å². The summed E-state index contributed by atoms with van der Waals surface area (Å²) in [5, 5.41) is 0. The van der Waals surface area contributed by atoms with Gasteiger partial charge in [0.2, 0.25) is 0 Å². The fourth-order valence-corrected chi connectivity index (χ4v) is 6.45. The molecule has 2 saturated carbocycles. The van der Waals surface area contributed by atoms with Crippen LogP contribution in [0.3, 0.4) is 0 Å². The number of carbonyl (C=O) groups is 2. The molecule has 1 aromatic rings. The third kappa shape index (κ3) is 1.66. The Morgan fingerprint density at radius 3 is 2.96 bits per heavy atom. The second-order valence-corrected chi connectivity index (χ2v) is 7.90. The molecule has 23 heavy (non-hydrogen) atoms. The number of rotatable bonds is 2. The minimum atomic E-state index is -0.323. The summed E-state index contributed by atoms with van der Waals surface area (Å²) in [6.45, 7) is 0. The number of fused-ring (bicyclic) bond motifs is 6. The molecule has 120 valence electrons. The van der Waals surface area contributed by atoms with Crippen LogP contribution in [0.25, 0.3) is 0 Å². The monoisotopic (exact) mass is 310 g/mol. The Kier molecular flexibility index (Phi) is 2.80. The summed E-state index contributed by atoms with van der Waals surface area (Å²) in [5.74, 6) is 1.59. The molecule has 5 rings (SSSR count). The summed E-state index contributed by atoms with van der Waals surface area (Å²) in [7, 11) is 0. The molecule has 3 heteroatoms. The van der Waals surface area contributed by atoms with Gasteiger partial charge in [-0.25, -0.2) is 0 Å². The highest BCUT2D eigenvalue weighted by molar-refractivity contribution is 5.78. The Morgan fingerprint density at radius 2 is 2.09 bits per heavy atom. The van der Waals surface area contributed by atoms with Gasteiger partial charge in [0.25, 0.3) is 0 Å². The molecule has 0 unspecified atom stereocenters. The molecule has 1 spiro atoms. The van der Waals surface area contributed by atoms with E-state index in [2.05, 4.69) is 24.3 Å². The van der Waals surface area contributed by atoms with Gasteiger partial charge < -0.3 is 9.53 Å². The van der Waals surface area contributed by atoms with Gasteiger partial charge in [-0.3, -0.25) is 4.79 Å². The third-order valence-electron chi connectivity index (χ3n) is 7.23. The fourth-order valence-electron chi connectivity index (χ4n) is 6.45. The SMILES string of the molecule is O=CC[C@H]1CC[C@H]2[C@@H]3CCc4ccccc4[C@H]3[C@@H]3C[C@]12OC3=O. The van der Waals surface area contributed by atoms with E-state index >= 15 is 0 Å². The zero-order valence-corrected chi connectivity index (χ0v) is 13.2. The molecule has 0 N–H and O–H groups in total. The number of ether oxygens (including phenoxy) is 1. The van der Waals surface area contributed by atoms with Gasteiger partial charge in [-0.2, -0.15) is 0 Å². The van der Waals surface area contributed by atoms with Gasteiger partial charge in [0.1, 0.15) is 11.9 Å². The van der Waals surface area contributed by atoms with Gasteiger partial charge in [-0.1, -0.05) is 24.3 Å². The molecule has 0 aromatic heterocycles. The summed E-state index contributed by atoms with van der Waals surface area (Å²) in [6, 6.07) is 8.66. The lowest BCUT2D eigenvalue weighted by atomic mass is 9.55. The zero-order valence-electron chi connectivity index (χ0n) is 13.2. The van der Waals surface area contributed by atoms with Crippen LogP contribution >= 0.6 is 0 Å². The lowest BCUT2D eigenvalue weighted by Crippen LogP contribution is -2.48. The van der Waals surface area contributed by atoms with Crippen LogP contribution in [0.1, 0.15) is 49.1 Å². The zero-order chi connectivity index (χ0) is 15.6. The highest BCUT2D eigenvalue weighted by Crippen LogP contribution is 2.65. The van der Waals surface area contributed by atoms with E-state index in [0.29, 0.717) is 24.2 Å². The van der Waals surface area contributed by atoms with Crippen LogP contribution in [-0.2, 0) is 20.7 Å².